The second kappa shape index (κ2) is 7.85. The van der Waals surface area contributed by atoms with Gasteiger partial charge in [0.2, 0.25) is 21.9 Å². The first-order valence-corrected chi connectivity index (χ1v) is 11.0. The Labute approximate surface area is 160 Å². The van der Waals surface area contributed by atoms with E-state index in [2.05, 4.69) is 14.7 Å². The number of hydrogen-bond acceptors (Lipinski definition) is 7. The van der Waals surface area contributed by atoms with Crippen LogP contribution in [0.5, 0.6) is 0 Å². The summed E-state index contributed by atoms with van der Waals surface area (Å²) in [5.41, 5.74) is 12.3. The smallest absolute Gasteiger partial charge is 0.240 e. The third kappa shape index (κ3) is 4.08. The SMILES string of the molecule is CCCCNS(=O)(=O)c1ccc(N2C(N)=NC(N)=NC23CCCCC3)cc1. The minimum atomic E-state index is -3.51. The maximum Gasteiger partial charge on any atom is 0.240 e. The zero-order valence-electron chi connectivity index (χ0n) is 15.7. The van der Waals surface area contributed by atoms with Crippen molar-refractivity contribution in [3.63, 3.8) is 0 Å². The Morgan fingerprint density at radius 2 is 1.81 bits per heavy atom. The summed E-state index contributed by atoms with van der Waals surface area (Å²) < 4.78 is 27.4. The third-order valence-electron chi connectivity index (χ3n) is 5.08. The number of nitrogens with zero attached hydrogens (tertiary/aromatic N) is 3. The maximum absolute atomic E-state index is 12.4. The summed E-state index contributed by atoms with van der Waals surface area (Å²) in [6.07, 6.45) is 6.64. The van der Waals surface area contributed by atoms with Gasteiger partial charge >= 0.3 is 0 Å². The highest BCUT2D eigenvalue weighted by atomic mass is 32.2. The molecular formula is C18H28N6O2S. The summed E-state index contributed by atoms with van der Waals surface area (Å²) in [6, 6.07) is 6.69. The second-order valence-electron chi connectivity index (χ2n) is 7.06. The number of aliphatic imine (C=N–C) groups is 2. The Hall–Kier alpha value is -2.13. The van der Waals surface area contributed by atoms with Gasteiger partial charge in [-0.05, 0) is 56.4 Å². The van der Waals surface area contributed by atoms with Crippen LogP contribution in [-0.4, -0.2) is 32.5 Å². The van der Waals surface area contributed by atoms with Crippen molar-refractivity contribution < 1.29 is 8.42 Å². The van der Waals surface area contributed by atoms with E-state index in [-0.39, 0.29) is 10.9 Å². The molecule has 0 atom stereocenters. The average Bonchev–Trinajstić information content (AvgIpc) is 2.62. The van der Waals surface area contributed by atoms with Crippen molar-refractivity contribution in [1.82, 2.24) is 4.72 Å². The number of unbranched alkanes of at least 4 members (excludes halogenated alkanes) is 1. The van der Waals surface area contributed by atoms with Crippen LogP contribution in [0.3, 0.4) is 0 Å². The predicted octanol–water partition coefficient (Wildman–Crippen LogP) is 1.87. The Morgan fingerprint density at radius 3 is 2.44 bits per heavy atom. The highest BCUT2D eigenvalue weighted by Gasteiger charge is 2.42. The van der Waals surface area contributed by atoms with Crippen molar-refractivity contribution in [2.24, 2.45) is 21.5 Å². The minimum Gasteiger partial charge on any atom is -0.369 e. The van der Waals surface area contributed by atoms with E-state index in [9.17, 15) is 8.42 Å². The highest BCUT2D eigenvalue weighted by Crippen LogP contribution is 2.39. The molecule has 1 spiro atoms. The molecule has 0 amide bonds. The molecule has 3 rings (SSSR count). The quantitative estimate of drug-likeness (QED) is 0.637. The molecule has 1 aliphatic heterocycles. The first-order chi connectivity index (χ1) is 12.9. The third-order valence-corrected chi connectivity index (χ3v) is 6.56. The number of guanidine groups is 2. The fraction of sp³-hybridized carbons (Fsp3) is 0.556. The fourth-order valence-electron chi connectivity index (χ4n) is 3.74. The van der Waals surface area contributed by atoms with Gasteiger partial charge in [-0.3, -0.25) is 4.90 Å². The molecule has 1 aromatic rings. The largest absolute Gasteiger partial charge is 0.369 e. The van der Waals surface area contributed by atoms with Gasteiger partial charge in [0.25, 0.3) is 0 Å². The van der Waals surface area contributed by atoms with Crippen LogP contribution >= 0.6 is 0 Å². The van der Waals surface area contributed by atoms with Crippen LogP contribution in [-0.2, 0) is 10.0 Å². The average molecular weight is 393 g/mol. The molecular weight excluding hydrogens is 364 g/mol. The summed E-state index contributed by atoms with van der Waals surface area (Å²) in [5.74, 6) is 0.492. The molecule has 0 aromatic heterocycles. The lowest BCUT2D eigenvalue weighted by Crippen LogP contribution is -2.58. The molecule has 1 saturated carbocycles. The molecule has 0 bridgehead atoms. The molecule has 148 valence electrons. The van der Waals surface area contributed by atoms with Crippen LogP contribution in [0, 0.1) is 0 Å². The molecule has 8 nitrogen and oxygen atoms in total. The first-order valence-electron chi connectivity index (χ1n) is 9.47. The Morgan fingerprint density at radius 1 is 1.15 bits per heavy atom. The van der Waals surface area contributed by atoms with Gasteiger partial charge in [-0.1, -0.05) is 19.8 Å². The second-order valence-corrected chi connectivity index (χ2v) is 8.83. The lowest BCUT2D eigenvalue weighted by atomic mass is 9.87. The molecule has 0 radical (unpaired) electrons. The van der Waals surface area contributed by atoms with E-state index in [0.717, 1.165) is 50.6 Å². The number of nitrogens with two attached hydrogens (primary N) is 2. The van der Waals surface area contributed by atoms with Crippen molar-refractivity contribution in [1.29, 1.82) is 0 Å². The van der Waals surface area contributed by atoms with Gasteiger partial charge in [-0.2, -0.15) is 4.99 Å². The number of nitrogens with one attached hydrogen (secondary N) is 1. The van der Waals surface area contributed by atoms with Gasteiger partial charge in [0, 0.05) is 12.2 Å². The van der Waals surface area contributed by atoms with Crippen molar-refractivity contribution in [2.45, 2.75) is 62.4 Å². The molecule has 1 heterocycles. The van der Waals surface area contributed by atoms with Crippen LogP contribution < -0.4 is 21.1 Å². The summed E-state index contributed by atoms with van der Waals surface area (Å²) in [5, 5.41) is 0. The molecule has 2 aliphatic rings. The lowest BCUT2D eigenvalue weighted by molar-refractivity contribution is 0.305. The normalized spacial score (nSPS) is 19.7. The molecule has 1 fully saturated rings. The summed E-state index contributed by atoms with van der Waals surface area (Å²) in [4.78, 5) is 10.9. The number of hydrogen-bond donors (Lipinski definition) is 3. The van der Waals surface area contributed by atoms with Gasteiger partial charge in [0.05, 0.1) is 4.90 Å². The van der Waals surface area contributed by atoms with Crippen molar-refractivity contribution in [3.05, 3.63) is 24.3 Å². The van der Waals surface area contributed by atoms with Crippen LogP contribution in [0.15, 0.2) is 39.1 Å². The molecule has 5 N–H and O–H groups in total. The Kier molecular flexibility index (Phi) is 5.71. The highest BCUT2D eigenvalue weighted by molar-refractivity contribution is 7.89. The standard InChI is InChI=1S/C18H28N6O2S/c1-2-3-13-21-27(25,26)15-9-7-14(8-10-15)24-17(20)22-16(19)23-18(24)11-5-4-6-12-18/h7-10,21H,2-6,11-13H2,1H3,(H4,19,20,22,23). The van der Waals surface area contributed by atoms with Gasteiger partial charge in [0.1, 0.15) is 5.66 Å². The maximum atomic E-state index is 12.4. The van der Waals surface area contributed by atoms with Crippen molar-refractivity contribution in [2.75, 3.05) is 11.4 Å². The van der Waals surface area contributed by atoms with E-state index < -0.39 is 15.7 Å². The molecule has 27 heavy (non-hydrogen) atoms. The zero-order chi connectivity index (χ0) is 19.5. The van der Waals surface area contributed by atoms with Gasteiger partial charge < -0.3 is 11.5 Å². The number of anilines is 1. The van der Waals surface area contributed by atoms with Gasteiger partial charge in [0.15, 0.2) is 0 Å². The zero-order valence-corrected chi connectivity index (χ0v) is 16.5. The van der Waals surface area contributed by atoms with E-state index in [1.165, 1.54) is 0 Å². The summed E-state index contributed by atoms with van der Waals surface area (Å²) in [6.45, 7) is 2.45. The molecule has 9 heteroatoms. The van der Waals surface area contributed by atoms with E-state index in [1.54, 1.807) is 24.3 Å². The van der Waals surface area contributed by atoms with Gasteiger partial charge in [-0.25, -0.2) is 18.1 Å². The van der Waals surface area contributed by atoms with Crippen LogP contribution in [0.1, 0.15) is 51.9 Å². The van der Waals surface area contributed by atoms with Crippen molar-refractivity contribution in [3.8, 4) is 0 Å². The lowest BCUT2D eigenvalue weighted by Gasteiger charge is -2.45. The predicted molar refractivity (Wildman–Crippen MR) is 108 cm³/mol. The first kappa shape index (κ1) is 19.6. The van der Waals surface area contributed by atoms with Crippen LogP contribution in [0.2, 0.25) is 0 Å². The van der Waals surface area contributed by atoms with Crippen LogP contribution in [0.4, 0.5) is 5.69 Å². The van der Waals surface area contributed by atoms with E-state index in [4.69, 9.17) is 11.5 Å². The van der Waals surface area contributed by atoms with Gasteiger partial charge in [-0.15, -0.1) is 0 Å². The van der Waals surface area contributed by atoms with E-state index >= 15 is 0 Å². The fourth-order valence-corrected chi connectivity index (χ4v) is 4.81. The number of benzene rings is 1. The molecule has 0 saturated heterocycles. The number of sulfonamides is 1. The number of rotatable bonds is 6. The monoisotopic (exact) mass is 392 g/mol. The molecule has 1 aliphatic carbocycles. The minimum absolute atomic E-state index is 0.199. The topological polar surface area (TPSA) is 126 Å². The van der Waals surface area contributed by atoms with Crippen LogP contribution in [0.25, 0.3) is 0 Å². The van der Waals surface area contributed by atoms with E-state index in [1.807, 2.05) is 11.8 Å². The summed E-state index contributed by atoms with van der Waals surface area (Å²) in [7, 11) is -3.51. The Balaban J connectivity index is 1.88. The summed E-state index contributed by atoms with van der Waals surface area (Å²) >= 11 is 0. The Bertz CT molecular complexity index is 826. The van der Waals surface area contributed by atoms with E-state index in [0.29, 0.717) is 12.5 Å². The molecule has 0 unspecified atom stereocenters. The molecule has 1 aromatic carbocycles. The van der Waals surface area contributed by atoms with Crippen molar-refractivity contribution >= 4 is 27.6 Å².